The van der Waals surface area contributed by atoms with Crippen molar-refractivity contribution in [2.24, 2.45) is 0 Å². The van der Waals surface area contributed by atoms with E-state index in [1.807, 2.05) is 73.7 Å². The molecule has 0 radical (unpaired) electrons. The normalized spacial score (nSPS) is 11.7. The van der Waals surface area contributed by atoms with Gasteiger partial charge in [0.2, 0.25) is 5.91 Å². The number of rotatable bonds is 9. The Labute approximate surface area is 200 Å². The molecular formula is C25H23N3O3S2. The zero-order chi connectivity index (χ0) is 23.0. The van der Waals surface area contributed by atoms with Gasteiger partial charge in [-0.05, 0) is 48.9 Å². The van der Waals surface area contributed by atoms with Crippen molar-refractivity contribution in [3.8, 4) is 5.75 Å². The number of nitrogens with one attached hydrogen (secondary N) is 2. The highest BCUT2D eigenvalue weighted by atomic mass is 32.2. The number of benzene rings is 3. The van der Waals surface area contributed by atoms with Gasteiger partial charge in [0.15, 0.2) is 11.7 Å². The Hall–Kier alpha value is -3.36. The average Bonchev–Trinajstić information content (AvgIpc) is 3.24. The zero-order valence-electron chi connectivity index (χ0n) is 18.0. The summed E-state index contributed by atoms with van der Waals surface area (Å²) in [7, 11) is 0. The number of ether oxygens (including phenoxy) is 1. The van der Waals surface area contributed by atoms with Crippen molar-refractivity contribution >= 4 is 55.9 Å². The minimum atomic E-state index is -0.288. The van der Waals surface area contributed by atoms with Gasteiger partial charge in [0, 0.05) is 10.6 Å². The Morgan fingerprint density at radius 3 is 2.58 bits per heavy atom. The first-order chi connectivity index (χ1) is 16.1. The summed E-state index contributed by atoms with van der Waals surface area (Å²) in [6.45, 7) is 1.89. The van der Waals surface area contributed by atoms with Crippen molar-refractivity contribution in [3.63, 3.8) is 0 Å². The molecule has 1 heterocycles. The van der Waals surface area contributed by atoms with E-state index in [1.54, 1.807) is 12.1 Å². The summed E-state index contributed by atoms with van der Waals surface area (Å²) in [6.07, 6.45) is 0.656. The number of fused-ring (bicyclic) bond motifs is 1. The van der Waals surface area contributed by atoms with Gasteiger partial charge in [0.25, 0.3) is 5.91 Å². The third kappa shape index (κ3) is 6.34. The third-order valence-corrected chi connectivity index (χ3v) is 7.01. The van der Waals surface area contributed by atoms with Crippen molar-refractivity contribution in [2.45, 2.75) is 23.5 Å². The summed E-state index contributed by atoms with van der Waals surface area (Å²) in [5, 5.41) is 6.09. The minimum Gasteiger partial charge on any atom is -0.484 e. The number of thiazole rings is 1. The van der Waals surface area contributed by atoms with Crippen molar-refractivity contribution < 1.29 is 14.3 Å². The molecule has 3 aromatic carbocycles. The van der Waals surface area contributed by atoms with E-state index in [9.17, 15) is 9.59 Å². The van der Waals surface area contributed by atoms with Crippen LogP contribution in [0.3, 0.4) is 0 Å². The summed E-state index contributed by atoms with van der Waals surface area (Å²) >= 11 is 2.92. The molecule has 4 aromatic rings. The summed E-state index contributed by atoms with van der Waals surface area (Å²) in [5.74, 6) is 0.302. The Balaban J connectivity index is 1.34. The molecule has 0 saturated heterocycles. The first-order valence-electron chi connectivity index (χ1n) is 10.5. The number of para-hydroxylation sites is 2. The van der Waals surface area contributed by atoms with E-state index in [4.69, 9.17) is 4.74 Å². The molecule has 6 nitrogen and oxygen atoms in total. The first kappa shape index (κ1) is 22.8. The van der Waals surface area contributed by atoms with E-state index in [2.05, 4.69) is 15.6 Å². The Bertz CT molecular complexity index is 1210. The fraction of sp³-hybridized carbons (Fsp3) is 0.160. The Morgan fingerprint density at radius 1 is 1.00 bits per heavy atom. The quantitative estimate of drug-likeness (QED) is 0.297. The van der Waals surface area contributed by atoms with E-state index in [0.717, 1.165) is 15.1 Å². The number of hydrogen-bond donors (Lipinski definition) is 2. The lowest BCUT2D eigenvalue weighted by Gasteiger charge is -2.14. The number of amides is 2. The highest BCUT2D eigenvalue weighted by Crippen LogP contribution is 2.30. The molecule has 0 aliphatic rings. The van der Waals surface area contributed by atoms with E-state index >= 15 is 0 Å². The van der Waals surface area contributed by atoms with Crippen molar-refractivity contribution in [3.05, 3.63) is 78.9 Å². The SMILES string of the molecule is CCC(Sc1cccc(NC(=O)COc2ccccc2)c1)C(=O)Nc1nc2ccccc2s1. The number of nitrogens with zero attached hydrogens (tertiary/aromatic N) is 1. The van der Waals surface area contributed by atoms with Crippen LogP contribution in [0.5, 0.6) is 5.75 Å². The molecule has 2 N–H and O–H groups in total. The van der Waals surface area contributed by atoms with Gasteiger partial charge in [-0.15, -0.1) is 11.8 Å². The smallest absolute Gasteiger partial charge is 0.262 e. The maximum Gasteiger partial charge on any atom is 0.262 e. The van der Waals surface area contributed by atoms with Crippen LogP contribution in [0.4, 0.5) is 10.8 Å². The van der Waals surface area contributed by atoms with Crippen LogP contribution < -0.4 is 15.4 Å². The maximum atomic E-state index is 12.9. The Morgan fingerprint density at radius 2 is 1.79 bits per heavy atom. The van der Waals surface area contributed by atoms with Crippen LogP contribution in [0.15, 0.2) is 83.8 Å². The number of carbonyl (C=O) groups is 2. The molecule has 168 valence electrons. The number of thioether (sulfide) groups is 1. The van der Waals surface area contributed by atoms with E-state index in [0.29, 0.717) is 23.0 Å². The summed E-state index contributed by atoms with van der Waals surface area (Å²) in [4.78, 5) is 30.5. The molecule has 0 bridgehead atoms. The maximum absolute atomic E-state index is 12.9. The molecule has 0 aliphatic carbocycles. The molecule has 4 rings (SSSR count). The van der Waals surface area contributed by atoms with Gasteiger partial charge >= 0.3 is 0 Å². The fourth-order valence-electron chi connectivity index (χ4n) is 3.11. The van der Waals surface area contributed by atoms with Gasteiger partial charge in [-0.2, -0.15) is 0 Å². The number of carbonyl (C=O) groups excluding carboxylic acids is 2. The van der Waals surface area contributed by atoms with Gasteiger partial charge in [0.1, 0.15) is 5.75 Å². The monoisotopic (exact) mass is 477 g/mol. The van der Waals surface area contributed by atoms with E-state index < -0.39 is 0 Å². The molecular weight excluding hydrogens is 454 g/mol. The van der Waals surface area contributed by atoms with E-state index in [1.165, 1.54) is 23.1 Å². The molecule has 1 unspecified atom stereocenters. The highest BCUT2D eigenvalue weighted by molar-refractivity contribution is 8.00. The molecule has 1 aromatic heterocycles. The topological polar surface area (TPSA) is 80.3 Å². The van der Waals surface area contributed by atoms with Gasteiger partial charge in [0.05, 0.1) is 15.5 Å². The summed E-state index contributed by atoms with van der Waals surface area (Å²) in [6, 6.07) is 24.4. The van der Waals surface area contributed by atoms with Crippen molar-refractivity contribution in [1.82, 2.24) is 4.98 Å². The van der Waals surface area contributed by atoms with Crippen LogP contribution >= 0.6 is 23.1 Å². The predicted octanol–water partition coefficient (Wildman–Crippen LogP) is 5.82. The molecule has 0 fully saturated rings. The first-order valence-corrected chi connectivity index (χ1v) is 12.2. The largest absolute Gasteiger partial charge is 0.484 e. The standard InChI is InChI=1S/C25H23N3O3S2/c1-2-21(24(30)28-25-27-20-13-6-7-14-22(20)33-25)32-19-12-8-9-17(15-19)26-23(29)16-31-18-10-4-3-5-11-18/h3-15,21H,2,16H2,1H3,(H,26,29)(H,27,28,30). The van der Waals surface area contributed by atoms with Gasteiger partial charge in [-0.3, -0.25) is 9.59 Å². The van der Waals surface area contributed by atoms with Gasteiger partial charge in [-0.25, -0.2) is 4.98 Å². The van der Waals surface area contributed by atoms with Gasteiger partial charge < -0.3 is 15.4 Å². The predicted molar refractivity (Wildman–Crippen MR) is 135 cm³/mol. The second-order valence-corrected chi connectivity index (χ2v) is 9.48. The summed E-state index contributed by atoms with van der Waals surface area (Å²) in [5.41, 5.74) is 1.53. The average molecular weight is 478 g/mol. The van der Waals surface area contributed by atoms with E-state index in [-0.39, 0.29) is 23.7 Å². The van der Waals surface area contributed by atoms with Crippen LogP contribution in [0.25, 0.3) is 10.2 Å². The third-order valence-electron chi connectivity index (χ3n) is 4.70. The molecule has 0 aliphatic heterocycles. The number of anilines is 2. The van der Waals surface area contributed by atoms with Crippen LogP contribution in [-0.4, -0.2) is 28.7 Å². The molecule has 33 heavy (non-hydrogen) atoms. The fourth-order valence-corrected chi connectivity index (χ4v) is 4.99. The van der Waals surface area contributed by atoms with Crippen LogP contribution in [-0.2, 0) is 9.59 Å². The molecule has 1 atom stereocenters. The van der Waals surface area contributed by atoms with Gasteiger partial charge in [-0.1, -0.05) is 54.7 Å². The van der Waals surface area contributed by atoms with Crippen LogP contribution in [0.2, 0.25) is 0 Å². The molecule has 2 amide bonds. The van der Waals surface area contributed by atoms with Crippen LogP contribution in [0, 0.1) is 0 Å². The second kappa shape index (κ2) is 11.0. The molecule has 0 saturated carbocycles. The lowest BCUT2D eigenvalue weighted by atomic mass is 10.3. The molecule has 8 heteroatoms. The molecule has 0 spiro atoms. The minimum absolute atomic E-state index is 0.0798. The number of aromatic nitrogens is 1. The zero-order valence-corrected chi connectivity index (χ0v) is 19.6. The van der Waals surface area contributed by atoms with Crippen molar-refractivity contribution in [1.29, 1.82) is 0 Å². The lowest BCUT2D eigenvalue weighted by molar-refractivity contribution is -0.118. The summed E-state index contributed by atoms with van der Waals surface area (Å²) < 4.78 is 6.52. The highest BCUT2D eigenvalue weighted by Gasteiger charge is 2.20. The lowest BCUT2D eigenvalue weighted by Crippen LogP contribution is -2.24. The number of hydrogen-bond acceptors (Lipinski definition) is 6. The second-order valence-electron chi connectivity index (χ2n) is 7.17. The Kier molecular flexibility index (Phi) is 7.59. The van der Waals surface area contributed by atoms with Crippen molar-refractivity contribution in [2.75, 3.05) is 17.2 Å². The van der Waals surface area contributed by atoms with Crippen LogP contribution in [0.1, 0.15) is 13.3 Å².